The fraction of sp³-hybridized carbons (Fsp3) is 0.500. The summed E-state index contributed by atoms with van der Waals surface area (Å²) in [5.74, 6) is 0.373. The van der Waals surface area contributed by atoms with Crippen LogP contribution in [-0.2, 0) is 9.53 Å². The molecule has 0 aromatic heterocycles. The number of carbonyl (C=O) groups excluding carboxylic acids is 1. The Balaban J connectivity index is 1.93. The Kier molecular flexibility index (Phi) is 6.25. The third-order valence-electron chi connectivity index (χ3n) is 3.48. The van der Waals surface area contributed by atoms with Crippen LogP contribution < -0.4 is 10.2 Å². The third kappa shape index (κ3) is 5.02. The number of nitrogens with one attached hydrogen (secondary N) is 2. The quantitative estimate of drug-likeness (QED) is 0.792. The first kappa shape index (κ1) is 16.8. The first-order chi connectivity index (χ1) is 10.6. The van der Waals surface area contributed by atoms with Gasteiger partial charge in [-0.2, -0.15) is 5.26 Å². The molecule has 0 radical (unpaired) electrons. The highest BCUT2D eigenvalue weighted by atomic mass is 32.2. The summed E-state index contributed by atoms with van der Waals surface area (Å²) >= 11 is 1.43. The summed E-state index contributed by atoms with van der Waals surface area (Å²) < 4.78 is 5.69. The maximum atomic E-state index is 12.3. The number of nitrogens with zero attached hydrogens (tertiary/aromatic N) is 1. The number of amides is 1. The summed E-state index contributed by atoms with van der Waals surface area (Å²) in [5, 5.41) is 11.7. The van der Waals surface area contributed by atoms with Crippen LogP contribution in [0.3, 0.4) is 0 Å². The predicted molar refractivity (Wildman–Crippen MR) is 87.0 cm³/mol. The molecule has 6 heteroatoms. The highest BCUT2D eigenvalue weighted by molar-refractivity contribution is 7.99. The van der Waals surface area contributed by atoms with Crippen LogP contribution in [0.25, 0.3) is 0 Å². The van der Waals surface area contributed by atoms with Crippen LogP contribution in [-0.4, -0.2) is 43.5 Å². The smallest absolute Gasteiger partial charge is 0.279 e. The van der Waals surface area contributed by atoms with Gasteiger partial charge in [0.2, 0.25) is 0 Å². The summed E-state index contributed by atoms with van der Waals surface area (Å²) in [5.41, 5.74) is 0.779. The predicted octanol–water partition coefficient (Wildman–Crippen LogP) is 0.933. The van der Waals surface area contributed by atoms with Gasteiger partial charge in [0.25, 0.3) is 5.91 Å². The monoisotopic (exact) mass is 320 g/mol. The van der Waals surface area contributed by atoms with E-state index in [-0.39, 0.29) is 18.1 Å². The van der Waals surface area contributed by atoms with Gasteiger partial charge in [0.1, 0.15) is 25.3 Å². The number of carbonyl (C=O) groups is 1. The van der Waals surface area contributed by atoms with E-state index >= 15 is 0 Å². The summed E-state index contributed by atoms with van der Waals surface area (Å²) in [6, 6.07) is 9.69. The van der Waals surface area contributed by atoms with Crippen LogP contribution in [0.5, 0.6) is 0 Å². The molecular formula is C16H22N3O2S+. The number of quaternary nitrogens is 1. The van der Waals surface area contributed by atoms with Crippen molar-refractivity contribution >= 4 is 23.4 Å². The second-order valence-corrected chi connectivity index (χ2v) is 6.60. The normalized spacial score (nSPS) is 24.5. The molecule has 5 nitrogen and oxygen atoms in total. The van der Waals surface area contributed by atoms with Crippen molar-refractivity contribution in [1.82, 2.24) is 0 Å². The fourth-order valence-electron chi connectivity index (χ4n) is 2.76. The second kappa shape index (κ2) is 8.18. The van der Waals surface area contributed by atoms with Crippen LogP contribution in [0.2, 0.25) is 0 Å². The molecular weight excluding hydrogens is 298 g/mol. The van der Waals surface area contributed by atoms with Gasteiger partial charge >= 0.3 is 0 Å². The Labute approximate surface area is 135 Å². The maximum absolute atomic E-state index is 12.3. The van der Waals surface area contributed by atoms with E-state index in [4.69, 9.17) is 10.00 Å². The van der Waals surface area contributed by atoms with E-state index < -0.39 is 0 Å². The molecule has 0 spiro atoms. The Morgan fingerprint density at radius 2 is 2.09 bits per heavy atom. The van der Waals surface area contributed by atoms with E-state index in [1.54, 1.807) is 0 Å². The molecule has 1 saturated heterocycles. The van der Waals surface area contributed by atoms with E-state index in [1.165, 1.54) is 16.7 Å². The van der Waals surface area contributed by atoms with Gasteiger partial charge in [-0.3, -0.25) is 4.79 Å². The van der Waals surface area contributed by atoms with Crippen LogP contribution in [0.15, 0.2) is 29.2 Å². The van der Waals surface area contributed by atoms with Gasteiger partial charge in [-0.05, 0) is 26.0 Å². The second-order valence-electron chi connectivity index (χ2n) is 5.58. The molecule has 1 aromatic rings. The Hall–Kier alpha value is -1.55. The number of morpholine rings is 1. The molecule has 0 unspecified atom stereocenters. The number of benzene rings is 1. The van der Waals surface area contributed by atoms with E-state index in [0.717, 1.165) is 23.7 Å². The van der Waals surface area contributed by atoms with Gasteiger partial charge in [-0.25, -0.2) is 0 Å². The minimum absolute atomic E-state index is 0.00121. The van der Waals surface area contributed by atoms with E-state index in [2.05, 4.69) is 11.4 Å². The number of hydrogen-bond acceptors (Lipinski definition) is 4. The summed E-state index contributed by atoms with van der Waals surface area (Å²) in [7, 11) is 0. The van der Waals surface area contributed by atoms with Crippen molar-refractivity contribution in [3.63, 3.8) is 0 Å². The number of anilines is 1. The standard InChI is InChI=1S/C16H21N3O2S/c1-12-9-19(10-13(2)21-12)11-16(20)18-14-5-3-4-6-15(14)22-8-7-17/h3-6,12-13H,8-11H2,1-2H3,(H,18,20)/p+1/t12-,13-/m0/s1. The molecule has 2 N–H and O–H groups in total. The van der Waals surface area contributed by atoms with Crippen molar-refractivity contribution in [3.8, 4) is 6.07 Å². The molecule has 0 saturated carbocycles. The lowest BCUT2D eigenvalue weighted by Crippen LogP contribution is -3.16. The molecule has 1 aromatic carbocycles. The van der Waals surface area contributed by atoms with Crippen molar-refractivity contribution in [2.75, 3.05) is 30.7 Å². The molecule has 1 amide bonds. The zero-order valence-corrected chi connectivity index (χ0v) is 13.8. The lowest BCUT2D eigenvalue weighted by atomic mass is 10.2. The molecule has 1 fully saturated rings. The van der Waals surface area contributed by atoms with E-state index in [0.29, 0.717) is 12.3 Å². The van der Waals surface area contributed by atoms with Gasteiger partial charge in [-0.1, -0.05) is 12.1 Å². The molecule has 118 valence electrons. The minimum atomic E-state index is 0.00121. The van der Waals surface area contributed by atoms with Crippen LogP contribution in [0, 0.1) is 11.3 Å². The minimum Gasteiger partial charge on any atom is -0.364 e. The molecule has 22 heavy (non-hydrogen) atoms. The van der Waals surface area contributed by atoms with Crippen molar-refractivity contribution in [3.05, 3.63) is 24.3 Å². The van der Waals surface area contributed by atoms with Crippen molar-refractivity contribution < 1.29 is 14.4 Å². The van der Waals surface area contributed by atoms with Gasteiger partial charge in [-0.15, -0.1) is 11.8 Å². The molecule has 2 rings (SSSR count). The van der Waals surface area contributed by atoms with Crippen molar-refractivity contribution in [2.24, 2.45) is 0 Å². The lowest BCUT2D eigenvalue weighted by Gasteiger charge is -2.31. The topological polar surface area (TPSA) is 66.6 Å². The van der Waals surface area contributed by atoms with E-state index in [9.17, 15) is 4.79 Å². The molecule has 1 aliphatic heterocycles. The van der Waals surface area contributed by atoms with Gasteiger partial charge in [0, 0.05) is 4.90 Å². The number of ether oxygens (including phenoxy) is 1. The first-order valence-corrected chi connectivity index (χ1v) is 8.44. The molecule has 0 aliphatic carbocycles. The fourth-order valence-corrected chi connectivity index (χ4v) is 3.43. The zero-order valence-electron chi connectivity index (χ0n) is 13.0. The lowest BCUT2D eigenvalue weighted by molar-refractivity contribution is -0.907. The largest absolute Gasteiger partial charge is 0.364 e. The number of rotatable bonds is 5. The first-order valence-electron chi connectivity index (χ1n) is 7.46. The Bertz CT molecular complexity index is 549. The maximum Gasteiger partial charge on any atom is 0.279 e. The molecule has 2 atom stereocenters. The zero-order chi connectivity index (χ0) is 15.9. The van der Waals surface area contributed by atoms with Gasteiger partial charge in [0.15, 0.2) is 6.54 Å². The summed E-state index contributed by atoms with van der Waals surface area (Å²) in [6.07, 6.45) is 0.370. The SMILES string of the molecule is C[C@H]1C[NH+](CC(=O)Nc2ccccc2SCC#N)C[C@H](C)O1. The Morgan fingerprint density at radius 1 is 1.41 bits per heavy atom. The highest BCUT2D eigenvalue weighted by Gasteiger charge is 2.27. The molecule has 1 aliphatic rings. The Morgan fingerprint density at radius 3 is 2.77 bits per heavy atom. The number of para-hydroxylation sites is 1. The highest BCUT2D eigenvalue weighted by Crippen LogP contribution is 2.26. The van der Waals surface area contributed by atoms with Gasteiger partial charge < -0.3 is 15.0 Å². The summed E-state index contributed by atoms with van der Waals surface area (Å²) in [4.78, 5) is 14.4. The number of thioether (sulfide) groups is 1. The number of hydrogen-bond donors (Lipinski definition) is 2. The average molecular weight is 320 g/mol. The average Bonchev–Trinajstić information content (AvgIpc) is 2.45. The van der Waals surface area contributed by atoms with Gasteiger partial charge in [0.05, 0.1) is 17.5 Å². The molecule has 0 bridgehead atoms. The van der Waals surface area contributed by atoms with E-state index in [1.807, 2.05) is 38.1 Å². The van der Waals surface area contributed by atoms with Crippen LogP contribution in [0.1, 0.15) is 13.8 Å². The molecule has 1 heterocycles. The van der Waals surface area contributed by atoms with Crippen molar-refractivity contribution in [1.29, 1.82) is 5.26 Å². The van der Waals surface area contributed by atoms with Crippen LogP contribution >= 0.6 is 11.8 Å². The van der Waals surface area contributed by atoms with Crippen molar-refractivity contribution in [2.45, 2.75) is 31.0 Å². The van der Waals surface area contributed by atoms with Crippen LogP contribution in [0.4, 0.5) is 5.69 Å². The summed E-state index contributed by atoms with van der Waals surface area (Å²) in [6.45, 7) is 6.23. The third-order valence-corrected chi connectivity index (χ3v) is 4.42. The number of nitriles is 1.